The maximum Gasteiger partial charge on any atom is 0.222 e. The minimum absolute atomic E-state index is 0.200. The van der Waals surface area contributed by atoms with Crippen molar-refractivity contribution < 1.29 is 9.53 Å². The number of rotatable bonds is 4. The Morgan fingerprint density at radius 1 is 1.31 bits per heavy atom. The number of piperidine rings is 2. The van der Waals surface area contributed by atoms with E-state index in [1.165, 1.54) is 0 Å². The quantitative estimate of drug-likeness (QED) is 0.779. The summed E-state index contributed by atoms with van der Waals surface area (Å²) in [4.78, 5) is 21.6. The van der Waals surface area contributed by atoms with Crippen LogP contribution < -0.4 is 4.90 Å². The van der Waals surface area contributed by atoms with Gasteiger partial charge in [-0.3, -0.25) is 4.79 Å². The van der Waals surface area contributed by atoms with Crippen LogP contribution in [0.15, 0.2) is 12.1 Å². The van der Waals surface area contributed by atoms with Gasteiger partial charge >= 0.3 is 0 Å². The summed E-state index contributed by atoms with van der Waals surface area (Å²) < 4.78 is 5.77. The monoisotopic (exact) mass is 396 g/mol. The lowest BCUT2D eigenvalue weighted by molar-refractivity contribution is -0.140. The van der Waals surface area contributed by atoms with E-state index in [2.05, 4.69) is 29.7 Å². The van der Waals surface area contributed by atoms with Gasteiger partial charge in [0.15, 0.2) is 0 Å². The fourth-order valence-electron chi connectivity index (χ4n) is 5.02. The average Bonchev–Trinajstić information content (AvgIpc) is 3.24. The van der Waals surface area contributed by atoms with E-state index < -0.39 is 0 Å². The molecule has 0 bridgehead atoms. The van der Waals surface area contributed by atoms with Gasteiger partial charge in [-0.25, -0.2) is 4.98 Å². The van der Waals surface area contributed by atoms with Crippen LogP contribution in [0.3, 0.4) is 0 Å². The number of ether oxygens (including phenoxy) is 1. The topological polar surface area (TPSA) is 69.5 Å². The number of aromatic nitrogens is 1. The number of amides is 1. The van der Waals surface area contributed by atoms with Gasteiger partial charge in [-0.1, -0.05) is 13.8 Å². The number of carbonyl (C=O) groups excluding carboxylic acids is 1. The molecular formula is C23H32N4O2. The van der Waals surface area contributed by atoms with Gasteiger partial charge in [-0.2, -0.15) is 5.26 Å². The lowest BCUT2D eigenvalue weighted by Crippen LogP contribution is -2.53. The van der Waals surface area contributed by atoms with Crippen LogP contribution in [-0.4, -0.2) is 54.7 Å². The van der Waals surface area contributed by atoms with E-state index in [-0.39, 0.29) is 17.4 Å². The Morgan fingerprint density at radius 3 is 2.76 bits per heavy atom. The van der Waals surface area contributed by atoms with E-state index in [1.807, 2.05) is 12.1 Å². The van der Waals surface area contributed by atoms with Gasteiger partial charge in [0.25, 0.3) is 0 Å². The molecule has 3 aliphatic rings. The molecule has 156 valence electrons. The summed E-state index contributed by atoms with van der Waals surface area (Å²) in [5.74, 6) is 1.46. The predicted octanol–water partition coefficient (Wildman–Crippen LogP) is 3.46. The zero-order valence-electron chi connectivity index (χ0n) is 17.7. The van der Waals surface area contributed by atoms with Crippen molar-refractivity contribution in [1.29, 1.82) is 5.26 Å². The van der Waals surface area contributed by atoms with Crippen molar-refractivity contribution in [2.75, 3.05) is 37.7 Å². The molecule has 4 heterocycles. The molecule has 6 nitrogen and oxygen atoms in total. The maximum absolute atomic E-state index is 12.5. The van der Waals surface area contributed by atoms with E-state index in [0.29, 0.717) is 17.9 Å². The fourth-order valence-corrected chi connectivity index (χ4v) is 5.02. The molecule has 0 aromatic carbocycles. The zero-order valence-corrected chi connectivity index (χ0v) is 17.7. The number of anilines is 1. The van der Waals surface area contributed by atoms with E-state index >= 15 is 0 Å². The highest BCUT2D eigenvalue weighted by Gasteiger charge is 2.42. The number of hydrogen-bond donors (Lipinski definition) is 0. The molecular weight excluding hydrogens is 364 g/mol. The molecule has 0 saturated carbocycles. The van der Waals surface area contributed by atoms with E-state index in [9.17, 15) is 10.1 Å². The Labute approximate surface area is 173 Å². The first-order valence-corrected chi connectivity index (χ1v) is 11.0. The molecule has 0 unspecified atom stereocenters. The number of likely N-dealkylation sites (tertiary alicyclic amines) is 1. The first kappa shape index (κ1) is 20.2. The summed E-state index contributed by atoms with van der Waals surface area (Å²) in [5.41, 5.74) is 1.89. The Hall–Kier alpha value is -2.13. The van der Waals surface area contributed by atoms with Gasteiger partial charge in [0.05, 0.1) is 11.7 Å². The van der Waals surface area contributed by atoms with Crippen LogP contribution in [0.1, 0.15) is 69.5 Å². The van der Waals surface area contributed by atoms with Gasteiger partial charge in [0, 0.05) is 44.9 Å². The zero-order chi connectivity index (χ0) is 20.4. The lowest BCUT2D eigenvalue weighted by atomic mass is 9.72. The largest absolute Gasteiger partial charge is 0.376 e. The standard InChI is InChI=1S/C23H32N4O2/c1-17(2)20-6-5-18(14-24)22(25-20)26-11-9-23(10-12-26)8-7-21(28)27(16-23)15-19-4-3-13-29-19/h5-6,17,19H,3-4,7-13,15-16H2,1-2H3/t19-/m0/s1. The minimum atomic E-state index is 0.200. The number of nitriles is 1. The van der Waals surface area contributed by atoms with Crippen molar-refractivity contribution in [3.05, 3.63) is 23.4 Å². The highest BCUT2D eigenvalue weighted by molar-refractivity contribution is 5.77. The molecule has 0 aliphatic carbocycles. The van der Waals surface area contributed by atoms with E-state index in [4.69, 9.17) is 9.72 Å². The predicted molar refractivity (Wildman–Crippen MR) is 112 cm³/mol. The summed E-state index contributed by atoms with van der Waals surface area (Å²) >= 11 is 0. The summed E-state index contributed by atoms with van der Waals surface area (Å²) in [6, 6.07) is 6.19. The van der Waals surface area contributed by atoms with Gasteiger partial charge in [0.1, 0.15) is 11.9 Å². The molecule has 29 heavy (non-hydrogen) atoms. The second-order valence-electron chi connectivity index (χ2n) is 9.27. The third kappa shape index (κ3) is 4.25. The van der Waals surface area contributed by atoms with Crippen molar-refractivity contribution in [1.82, 2.24) is 9.88 Å². The smallest absolute Gasteiger partial charge is 0.222 e. The molecule has 6 heteroatoms. The van der Waals surface area contributed by atoms with Gasteiger partial charge in [-0.15, -0.1) is 0 Å². The van der Waals surface area contributed by atoms with Crippen LogP contribution in [0.25, 0.3) is 0 Å². The number of nitrogens with zero attached hydrogens (tertiary/aromatic N) is 4. The normalized spacial score (nSPS) is 24.3. The number of carbonyl (C=O) groups is 1. The molecule has 0 radical (unpaired) electrons. The Bertz CT molecular complexity index is 787. The first-order chi connectivity index (χ1) is 14.0. The Morgan fingerprint density at radius 2 is 2.10 bits per heavy atom. The molecule has 1 atom stereocenters. The number of hydrogen-bond acceptors (Lipinski definition) is 5. The van der Waals surface area contributed by atoms with Crippen LogP contribution in [0.2, 0.25) is 0 Å². The van der Waals surface area contributed by atoms with Crippen LogP contribution in [0, 0.1) is 16.7 Å². The third-order valence-corrected chi connectivity index (χ3v) is 6.93. The van der Waals surface area contributed by atoms with Crippen molar-refractivity contribution >= 4 is 11.7 Å². The van der Waals surface area contributed by atoms with Gasteiger partial charge < -0.3 is 14.5 Å². The molecule has 1 spiro atoms. The molecule has 0 N–H and O–H groups in total. The molecule has 3 aliphatic heterocycles. The van der Waals surface area contributed by atoms with Crippen LogP contribution in [0.4, 0.5) is 5.82 Å². The first-order valence-electron chi connectivity index (χ1n) is 11.0. The van der Waals surface area contributed by atoms with Gasteiger partial charge in [-0.05, 0) is 55.6 Å². The molecule has 3 saturated heterocycles. The molecule has 3 fully saturated rings. The summed E-state index contributed by atoms with van der Waals surface area (Å²) in [7, 11) is 0. The van der Waals surface area contributed by atoms with Gasteiger partial charge in [0.2, 0.25) is 5.91 Å². The van der Waals surface area contributed by atoms with E-state index in [0.717, 1.165) is 76.4 Å². The third-order valence-electron chi connectivity index (χ3n) is 6.93. The average molecular weight is 397 g/mol. The summed E-state index contributed by atoms with van der Waals surface area (Å²) in [6.07, 6.45) is 6.11. The molecule has 1 aromatic heterocycles. The van der Waals surface area contributed by atoms with Crippen LogP contribution in [0.5, 0.6) is 0 Å². The highest BCUT2D eigenvalue weighted by atomic mass is 16.5. The van der Waals surface area contributed by atoms with Crippen molar-refractivity contribution in [2.45, 2.75) is 64.4 Å². The van der Waals surface area contributed by atoms with Crippen LogP contribution >= 0.6 is 0 Å². The molecule has 1 amide bonds. The van der Waals surface area contributed by atoms with Crippen molar-refractivity contribution in [3.8, 4) is 6.07 Å². The Kier molecular flexibility index (Phi) is 5.78. The fraction of sp³-hybridized carbons (Fsp3) is 0.696. The highest BCUT2D eigenvalue weighted by Crippen LogP contribution is 2.41. The second-order valence-corrected chi connectivity index (χ2v) is 9.27. The molecule has 1 aromatic rings. The maximum atomic E-state index is 12.5. The second kappa shape index (κ2) is 8.31. The lowest BCUT2D eigenvalue weighted by Gasteiger charge is -2.48. The van der Waals surface area contributed by atoms with Crippen LogP contribution in [-0.2, 0) is 9.53 Å². The van der Waals surface area contributed by atoms with Crippen molar-refractivity contribution in [3.63, 3.8) is 0 Å². The van der Waals surface area contributed by atoms with E-state index in [1.54, 1.807) is 0 Å². The minimum Gasteiger partial charge on any atom is -0.376 e. The Balaban J connectivity index is 1.44. The summed E-state index contributed by atoms with van der Waals surface area (Å²) in [6.45, 7) is 8.48. The van der Waals surface area contributed by atoms with Crippen molar-refractivity contribution in [2.24, 2.45) is 5.41 Å². The number of pyridine rings is 1. The molecule has 4 rings (SSSR count). The summed E-state index contributed by atoms with van der Waals surface area (Å²) in [5, 5.41) is 9.55. The SMILES string of the molecule is CC(C)c1ccc(C#N)c(N2CCC3(CCC(=O)N(C[C@@H]4CCCO4)C3)CC2)n1.